The number of ether oxygens (including phenoxy) is 2. The number of benzene rings is 2. The zero-order valence-corrected chi connectivity index (χ0v) is 19.8. The fourth-order valence-corrected chi connectivity index (χ4v) is 4.80. The van der Waals surface area contributed by atoms with Crippen LogP contribution in [-0.2, 0) is 4.79 Å². The molecule has 2 aromatic rings. The van der Waals surface area contributed by atoms with Crippen molar-refractivity contribution >= 4 is 12.0 Å². The van der Waals surface area contributed by atoms with Crippen LogP contribution in [0.25, 0.3) is 6.08 Å². The first kappa shape index (κ1) is 23.3. The van der Waals surface area contributed by atoms with Crippen LogP contribution in [0.15, 0.2) is 54.6 Å². The highest BCUT2D eigenvalue weighted by Gasteiger charge is 2.33. The summed E-state index contributed by atoms with van der Waals surface area (Å²) in [4.78, 5) is 20.0. The van der Waals surface area contributed by atoms with E-state index < -0.39 is 0 Å². The van der Waals surface area contributed by atoms with E-state index in [4.69, 9.17) is 9.47 Å². The molecule has 0 bridgehead atoms. The molecule has 2 aliphatic rings. The summed E-state index contributed by atoms with van der Waals surface area (Å²) in [6.07, 6.45) is 6.40. The first-order valence-corrected chi connectivity index (χ1v) is 11.9. The van der Waals surface area contributed by atoms with Crippen LogP contribution >= 0.6 is 0 Å². The van der Waals surface area contributed by atoms with E-state index >= 15 is 0 Å². The second-order valence-corrected chi connectivity index (χ2v) is 8.74. The summed E-state index contributed by atoms with van der Waals surface area (Å²) in [5.41, 5.74) is 2.30. The Hall–Kier alpha value is -2.83. The molecule has 6 heteroatoms. The Labute approximate surface area is 197 Å². The van der Waals surface area contributed by atoms with Gasteiger partial charge in [0.2, 0.25) is 5.91 Å². The summed E-state index contributed by atoms with van der Waals surface area (Å²) in [5.74, 6) is 1.77. The second-order valence-electron chi connectivity index (χ2n) is 8.74. The molecule has 0 radical (unpaired) electrons. The predicted octanol–water partition coefficient (Wildman–Crippen LogP) is 3.70. The van der Waals surface area contributed by atoms with Crippen molar-refractivity contribution in [3.63, 3.8) is 0 Å². The van der Waals surface area contributed by atoms with Gasteiger partial charge in [0.1, 0.15) is 11.5 Å². The Morgan fingerprint density at radius 1 is 0.970 bits per heavy atom. The van der Waals surface area contributed by atoms with E-state index in [9.17, 15) is 4.79 Å². The molecule has 6 nitrogen and oxygen atoms in total. The lowest BCUT2D eigenvalue weighted by Gasteiger charge is -2.35. The van der Waals surface area contributed by atoms with Crippen LogP contribution in [-0.4, -0.2) is 80.6 Å². The number of amides is 1. The van der Waals surface area contributed by atoms with Crippen LogP contribution in [0.1, 0.15) is 30.0 Å². The number of nitrogens with zero attached hydrogens (tertiary/aromatic N) is 3. The maximum Gasteiger partial charge on any atom is 0.237 e. The van der Waals surface area contributed by atoms with Crippen LogP contribution in [0.3, 0.4) is 0 Å². The first-order valence-electron chi connectivity index (χ1n) is 11.9. The standard InChI is InChI=1S/C27H35N3O3/c1-32-23-12-13-24(26(20-23)33-2)25-11-7-15-30(25)27(31)21-29-18-16-28(17-19-29)14-6-10-22-8-4-3-5-9-22/h3-6,8-10,12-13,20,25H,7,11,14-19,21H2,1-2H3/b10-6+. The van der Waals surface area contributed by atoms with Crippen molar-refractivity contribution in [2.24, 2.45) is 0 Å². The van der Waals surface area contributed by atoms with Crippen molar-refractivity contribution in [2.75, 3.05) is 60.0 Å². The minimum absolute atomic E-state index is 0.0720. The highest BCUT2D eigenvalue weighted by atomic mass is 16.5. The lowest BCUT2D eigenvalue weighted by atomic mass is 10.0. The monoisotopic (exact) mass is 449 g/mol. The van der Waals surface area contributed by atoms with Gasteiger partial charge >= 0.3 is 0 Å². The molecule has 0 N–H and O–H groups in total. The molecule has 33 heavy (non-hydrogen) atoms. The van der Waals surface area contributed by atoms with Gasteiger partial charge in [0.15, 0.2) is 0 Å². The molecular weight excluding hydrogens is 414 g/mol. The summed E-state index contributed by atoms with van der Waals surface area (Å²) in [7, 11) is 3.33. The number of carbonyl (C=O) groups is 1. The normalized spacial score (nSPS) is 19.8. The molecule has 2 saturated heterocycles. The van der Waals surface area contributed by atoms with Crippen LogP contribution in [0.5, 0.6) is 11.5 Å². The number of hydrogen-bond donors (Lipinski definition) is 0. The van der Waals surface area contributed by atoms with Crippen molar-refractivity contribution in [2.45, 2.75) is 18.9 Å². The second kappa shape index (κ2) is 11.3. The van der Waals surface area contributed by atoms with Crippen molar-refractivity contribution in [3.8, 4) is 11.5 Å². The van der Waals surface area contributed by atoms with Gasteiger partial charge in [-0.05, 0) is 30.5 Å². The van der Waals surface area contributed by atoms with Gasteiger partial charge in [-0.15, -0.1) is 0 Å². The van der Waals surface area contributed by atoms with Gasteiger partial charge in [0.25, 0.3) is 0 Å². The van der Waals surface area contributed by atoms with E-state index in [1.165, 1.54) is 5.56 Å². The average molecular weight is 450 g/mol. The Bertz CT molecular complexity index is 939. The molecule has 2 fully saturated rings. The first-order chi connectivity index (χ1) is 16.2. The molecule has 0 saturated carbocycles. The van der Waals surface area contributed by atoms with Gasteiger partial charge < -0.3 is 14.4 Å². The number of rotatable bonds is 8. The summed E-state index contributed by atoms with van der Waals surface area (Å²) < 4.78 is 10.9. The van der Waals surface area contributed by atoms with Crippen molar-refractivity contribution in [1.82, 2.24) is 14.7 Å². The van der Waals surface area contributed by atoms with Gasteiger partial charge in [-0.1, -0.05) is 42.5 Å². The summed E-state index contributed by atoms with van der Waals surface area (Å²) in [6.45, 7) is 6.07. The number of hydrogen-bond acceptors (Lipinski definition) is 5. The average Bonchev–Trinajstić information content (AvgIpc) is 3.35. The van der Waals surface area contributed by atoms with Crippen LogP contribution in [0, 0.1) is 0 Å². The van der Waals surface area contributed by atoms with Crippen molar-refractivity contribution in [1.29, 1.82) is 0 Å². The minimum Gasteiger partial charge on any atom is -0.497 e. The Kier molecular flexibility index (Phi) is 8.02. The molecule has 1 unspecified atom stereocenters. The lowest BCUT2D eigenvalue weighted by Crippen LogP contribution is -2.49. The van der Waals surface area contributed by atoms with E-state index in [-0.39, 0.29) is 11.9 Å². The molecule has 2 aliphatic heterocycles. The fourth-order valence-electron chi connectivity index (χ4n) is 4.80. The minimum atomic E-state index is 0.0720. The molecule has 4 rings (SSSR count). The maximum absolute atomic E-state index is 13.2. The topological polar surface area (TPSA) is 45.2 Å². The van der Waals surface area contributed by atoms with E-state index in [0.29, 0.717) is 6.54 Å². The van der Waals surface area contributed by atoms with Gasteiger partial charge in [0, 0.05) is 50.9 Å². The summed E-state index contributed by atoms with van der Waals surface area (Å²) >= 11 is 0. The molecule has 2 aromatic carbocycles. The highest BCUT2D eigenvalue weighted by molar-refractivity contribution is 5.79. The number of methoxy groups -OCH3 is 2. The number of piperazine rings is 1. The van der Waals surface area contributed by atoms with Gasteiger partial charge in [0.05, 0.1) is 26.8 Å². The maximum atomic E-state index is 13.2. The molecule has 0 spiro atoms. The zero-order valence-electron chi connectivity index (χ0n) is 19.8. The molecule has 0 aromatic heterocycles. The van der Waals surface area contributed by atoms with Crippen LogP contribution in [0.2, 0.25) is 0 Å². The highest BCUT2D eigenvalue weighted by Crippen LogP contribution is 2.38. The fraction of sp³-hybridized carbons (Fsp3) is 0.444. The van der Waals surface area contributed by atoms with Gasteiger partial charge in [-0.25, -0.2) is 0 Å². The Morgan fingerprint density at radius 3 is 2.45 bits per heavy atom. The molecule has 1 amide bonds. The zero-order chi connectivity index (χ0) is 23.0. The molecule has 176 valence electrons. The smallest absolute Gasteiger partial charge is 0.237 e. The molecular formula is C27H35N3O3. The van der Waals surface area contributed by atoms with E-state index in [1.807, 2.05) is 29.2 Å². The SMILES string of the molecule is COc1ccc(C2CCCN2C(=O)CN2CCN(C/C=C/c3ccccc3)CC2)c(OC)c1. The lowest BCUT2D eigenvalue weighted by molar-refractivity contribution is -0.133. The Morgan fingerprint density at radius 2 is 1.73 bits per heavy atom. The van der Waals surface area contributed by atoms with Gasteiger partial charge in [-0.3, -0.25) is 14.6 Å². The molecule has 0 aliphatic carbocycles. The van der Waals surface area contributed by atoms with Crippen LogP contribution in [0.4, 0.5) is 0 Å². The largest absolute Gasteiger partial charge is 0.497 e. The molecule has 1 atom stereocenters. The number of likely N-dealkylation sites (tertiary alicyclic amines) is 1. The molecule has 2 heterocycles. The van der Waals surface area contributed by atoms with Crippen LogP contribution < -0.4 is 9.47 Å². The number of carbonyl (C=O) groups excluding carboxylic acids is 1. The summed E-state index contributed by atoms with van der Waals surface area (Å²) in [6, 6.07) is 16.4. The van der Waals surface area contributed by atoms with E-state index in [1.54, 1.807) is 14.2 Å². The Balaban J connectivity index is 1.28. The summed E-state index contributed by atoms with van der Waals surface area (Å²) in [5, 5.41) is 0. The van der Waals surface area contributed by atoms with Gasteiger partial charge in [-0.2, -0.15) is 0 Å². The third kappa shape index (κ3) is 5.95. The van der Waals surface area contributed by atoms with E-state index in [2.05, 4.69) is 46.2 Å². The van der Waals surface area contributed by atoms with E-state index in [0.717, 1.165) is 69.2 Å². The third-order valence-electron chi connectivity index (χ3n) is 6.67. The van der Waals surface area contributed by atoms with Crippen molar-refractivity contribution < 1.29 is 14.3 Å². The van der Waals surface area contributed by atoms with Crippen molar-refractivity contribution in [3.05, 3.63) is 65.7 Å². The quantitative estimate of drug-likeness (QED) is 0.615. The third-order valence-corrected chi connectivity index (χ3v) is 6.67. The predicted molar refractivity (Wildman–Crippen MR) is 132 cm³/mol.